The minimum Gasteiger partial charge on any atom is -0.454 e. The second kappa shape index (κ2) is 8.39. The molecule has 0 fully saturated rings. The van der Waals surface area contributed by atoms with Crippen LogP contribution < -0.4 is 4.74 Å². The Morgan fingerprint density at radius 3 is 2.38 bits per heavy atom. The summed E-state index contributed by atoms with van der Waals surface area (Å²) in [4.78, 5) is 4.20. The Balaban J connectivity index is 1.97. The van der Waals surface area contributed by atoms with E-state index in [2.05, 4.69) is 4.98 Å². The largest absolute Gasteiger partial charge is 0.454 e. The average Bonchev–Trinajstić information content (AvgIpc) is 3.28. The van der Waals surface area contributed by atoms with Gasteiger partial charge in [0.1, 0.15) is 11.6 Å². The molecule has 0 aromatic heterocycles. The number of halogens is 2. The van der Waals surface area contributed by atoms with E-state index in [-0.39, 0.29) is 17.3 Å². The molecular formula is C25H24F2N2O4S. The molecule has 2 aromatic rings. The van der Waals surface area contributed by atoms with Crippen LogP contribution in [0.4, 0.5) is 8.78 Å². The summed E-state index contributed by atoms with van der Waals surface area (Å²) in [6.45, 7) is 6.53. The van der Waals surface area contributed by atoms with Gasteiger partial charge < -0.3 is 9.94 Å². The van der Waals surface area contributed by atoms with Gasteiger partial charge in [0.05, 0.1) is 10.4 Å². The number of fused-ring (bicyclic) bond motifs is 1. The Labute approximate surface area is 196 Å². The molecule has 0 atom stereocenters. The predicted molar refractivity (Wildman–Crippen MR) is 125 cm³/mol. The zero-order chi connectivity index (χ0) is 24.8. The van der Waals surface area contributed by atoms with Crippen LogP contribution in [0.5, 0.6) is 11.5 Å². The molecule has 2 aliphatic heterocycles. The van der Waals surface area contributed by atoms with E-state index in [4.69, 9.17) is 4.74 Å². The number of rotatable bonds is 6. The lowest BCUT2D eigenvalue weighted by Gasteiger charge is -2.26. The summed E-state index contributed by atoms with van der Waals surface area (Å²) in [5.41, 5.74) is 2.67. The Morgan fingerprint density at radius 2 is 1.71 bits per heavy atom. The summed E-state index contributed by atoms with van der Waals surface area (Å²) < 4.78 is 59.0. The molecule has 0 radical (unpaired) electrons. The third-order valence-electron chi connectivity index (χ3n) is 6.09. The summed E-state index contributed by atoms with van der Waals surface area (Å²) in [6.07, 6.45) is 1.54. The van der Waals surface area contributed by atoms with Crippen molar-refractivity contribution in [3.05, 3.63) is 77.6 Å². The lowest BCUT2D eigenvalue weighted by atomic mass is 9.93. The molecule has 2 heterocycles. The van der Waals surface area contributed by atoms with Crippen LogP contribution in [0.25, 0.3) is 22.5 Å². The van der Waals surface area contributed by atoms with Gasteiger partial charge in [-0.2, -0.15) is 4.73 Å². The number of aryl methyl sites for hydroxylation is 1. The molecule has 0 spiro atoms. The molecule has 2 aliphatic rings. The molecule has 4 rings (SSSR count). The molecule has 1 N–H and O–H groups in total. The maximum atomic E-state index is 14.4. The van der Waals surface area contributed by atoms with Crippen LogP contribution in [0.3, 0.4) is 0 Å². The Kier molecular flexibility index (Phi) is 5.85. The van der Waals surface area contributed by atoms with Gasteiger partial charge in [0, 0.05) is 29.1 Å². The molecule has 0 saturated carbocycles. The highest BCUT2D eigenvalue weighted by Crippen LogP contribution is 2.43. The fourth-order valence-corrected chi connectivity index (χ4v) is 5.07. The first-order valence-corrected chi connectivity index (χ1v) is 12.3. The number of aromatic nitrogens is 2. The van der Waals surface area contributed by atoms with Crippen molar-refractivity contribution in [1.29, 1.82) is 0 Å². The molecule has 0 unspecified atom stereocenters. The SMILES string of the molecule is CCS(=O)(=O)C(C)(C)c1ccc(Oc2ccc(F)cc2F)c(-c2cc(C)n(O)c3nccc2-3)c1. The van der Waals surface area contributed by atoms with Crippen molar-refractivity contribution in [1.82, 2.24) is 9.71 Å². The van der Waals surface area contributed by atoms with Gasteiger partial charge in [0.15, 0.2) is 27.2 Å². The van der Waals surface area contributed by atoms with Crippen LogP contribution in [-0.4, -0.2) is 29.1 Å². The minimum absolute atomic E-state index is 0.0413. The number of sulfone groups is 1. The lowest BCUT2D eigenvalue weighted by Crippen LogP contribution is -2.30. The standard InChI is InChI=1S/C25H24F2N2O4S/c1-5-34(31,32)25(3,4)16-6-8-22(33-23-9-7-17(26)14-21(23)27)20(13-16)19-12-15(2)29(30)24-18(19)10-11-28-24/h6-14,30H,5H2,1-4H3. The lowest BCUT2D eigenvalue weighted by molar-refractivity contribution is 0.180. The van der Waals surface area contributed by atoms with E-state index < -0.39 is 26.2 Å². The third kappa shape index (κ3) is 3.90. The molecular weight excluding hydrogens is 462 g/mol. The molecule has 6 nitrogen and oxygen atoms in total. The number of nitrogens with zero attached hydrogens (tertiary/aromatic N) is 2. The maximum absolute atomic E-state index is 14.4. The molecule has 34 heavy (non-hydrogen) atoms. The van der Waals surface area contributed by atoms with Gasteiger partial charge in [-0.15, -0.1) is 0 Å². The Bertz CT molecular complexity index is 1460. The summed E-state index contributed by atoms with van der Waals surface area (Å²) >= 11 is 0. The fraction of sp³-hybridized carbons (Fsp3) is 0.240. The number of pyridine rings is 1. The first-order chi connectivity index (χ1) is 16.0. The van der Waals surface area contributed by atoms with E-state index in [1.165, 1.54) is 12.3 Å². The highest BCUT2D eigenvalue weighted by molar-refractivity contribution is 7.92. The smallest absolute Gasteiger partial charge is 0.176 e. The van der Waals surface area contributed by atoms with E-state index in [0.29, 0.717) is 33.8 Å². The zero-order valence-electron chi connectivity index (χ0n) is 19.1. The quantitative estimate of drug-likeness (QED) is 0.341. The van der Waals surface area contributed by atoms with Gasteiger partial charge in [-0.25, -0.2) is 22.2 Å². The van der Waals surface area contributed by atoms with Crippen molar-refractivity contribution >= 4 is 9.84 Å². The molecule has 0 bridgehead atoms. The average molecular weight is 487 g/mol. The van der Waals surface area contributed by atoms with Gasteiger partial charge in [-0.1, -0.05) is 13.0 Å². The summed E-state index contributed by atoms with van der Waals surface area (Å²) in [7, 11) is -3.48. The van der Waals surface area contributed by atoms with Gasteiger partial charge in [-0.3, -0.25) is 0 Å². The third-order valence-corrected chi connectivity index (χ3v) is 8.64. The fourth-order valence-electron chi connectivity index (χ4n) is 3.86. The monoisotopic (exact) mass is 486 g/mol. The van der Waals surface area contributed by atoms with E-state index in [1.54, 1.807) is 58.0 Å². The molecule has 0 aliphatic carbocycles. The van der Waals surface area contributed by atoms with Crippen molar-refractivity contribution in [2.24, 2.45) is 0 Å². The summed E-state index contributed by atoms with van der Waals surface area (Å²) in [5.74, 6) is -1.29. The highest BCUT2D eigenvalue weighted by Gasteiger charge is 2.35. The summed E-state index contributed by atoms with van der Waals surface area (Å²) in [6, 6.07) is 11.3. The van der Waals surface area contributed by atoms with Crippen molar-refractivity contribution in [2.45, 2.75) is 32.4 Å². The Morgan fingerprint density at radius 1 is 1.00 bits per heavy atom. The van der Waals surface area contributed by atoms with E-state index in [9.17, 15) is 22.4 Å². The van der Waals surface area contributed by atoms with Gasteiger partial charge in [0.25, 0.3) is 0 Å². The van der Waals surface area contributed by atoms with E-state index >= 15 is 0 Å². The first kappa shape index (κ1) is 23.7. The van der Waals surface area contributed by atoms with Crippen molar-refractivity contribution in [3.63, 3.8) is 0 Å². The molecule has 0 amide bonds. The van der Waals surface area contributed by atoms with Crippen LogP contribution in [-0.2, 0) is 14.6 Å². The second-order valence-corrected chi connectivity index (χ2v) is 11.3. The van der Waals surface area contributed by atoms with E-state index in [1.807, 2.05) is 0 Å². The van der Waals surface area contributed by atoms with Gasteiger partial charge in [0.2, 0.25) is 0 Å². The number of hydrogen-bond acceptors (Lipinski definition) is 5. The maximum Gasteiger partial charge on any atom is 0.176 e. The van der Waals surface area contributed by atoms with Crippen LogP contribution in [0, 0.1) is 18.6 Å². The highest BCUT2D eigenvalue weighted by atomic mass is 32.2. The minimum atomic E-state index is -3.48. The predicted octanol–water partition coefficient (Wildman–Crippen LogP) is 5.94. The van der Waals surface area contributed by atoms with Crippen molar-refractivity contribution in [3.8, 4) is 34.0 Å². The van der Waals surface area contributed by atoms with Crippen LogP contribution in [0.15, 0.2) is 54.7 Å². The molecule has 0 saturated heterocycles. The van der Waals surface area contributed by atoms with Crippen LogP contribution in [0.1, 0.15) is 32.0 Å². The molecule has 2 aromatic carbocycles. The van der Waals surface area contributed by atoms with Crippen LogP contribution in [0.2, 0.25) is 0 Å². The van der Waals surface area contributed by atoms with E-state index in [0.717, 1.165) is 16.9 Å². The molecule has 178 valence electrons. The summed E-state index contributed by atoms with van der Waals surface area (Å²) in [5, 5.41) is 10.4. The number of ether oxygens (including phenoxy) is 1. The molecule has 9 heteroatoms. The topological polar surface area (TPSA) is 81.4 Å². The number of benzene rings is 2. The van der Waals surface area contributed by atoms with Crippen molar-refractivity contribution in [2.75, 3.05) is 5.75 Å². The first-order valence-electron chi connectivity index (χ1n) is 10.6. The normalized spacial score (nSPS) is 12.3. The van der Waals surface area contributed by atoms with Crippen LogP contribution >= 0.6 is 0 Å². The Hall–Kier alpha value is -3.46. The second-order valence-electron chi connectivity index (χ2n) is 8.49. The van der Waals surface area contributed by atoms with Crippen molar-refractivity contribution < 1.29 is 27.1 Å². The zero-order valence-corrected chi connectivity index (χ0v) is 20.0. The van der Waals surface area contributed by atoms with Gasteiger partial charge in [-0.05, 0) is 68.3 Å². The number of hydrogen-bond donors (Lipinski definition) is 1. The van der Waals surface area contributed by atoms with Gasteiger partial charge >= 0.3 is 0 Å².